The Kier molecular flexibility index (Phi) is 3.26. The van der Waals surface area contributed by atoms with Gasteiger partial charge in [0.2, 0.25) is 0 Å². The molecule has 3 rings (SSSR count). The molecule has 0 aliphatic carbocycles. The van der Waals surface area contributed by atoms with Crippen molar-refractivity contribution in [2.24, 2.45) is 0 Å². The molecule has 0 fully saturated rings. The van der Waals surface area contributed by atoms with Crippen molar-refractivity contribution in [3.05, 3.63) is 59.2 Å². The smallest absolute Gasteiger partial charge is 0.177 e. The first kappa shape index (κ1) is 13.4. The molecule has 0 aliphatic rings. The first-order chi connectivity index (χ1) is 10.1. The summed E-state index contributed by atoms with van der Waals surface area (Å²) >= 11 is 0. The van der Waals surface area contributed by atoms with Gasteiger partial charge in [-0.15, -0.1) is 0 Å². The van der Waals surface area contributed by atoms with Crippen molar-refractivity contribution in [3.8, 4) is 22.5 Å². The average molecular weight is 278 g/mol. The molecule has 1 heterocycles. The van der Waals surface area contributed by atoms with Crippen LogP contribution in [-0.2, 0) is 0 Å². The van der Waals surface area contributed by atoms with Crippen LogP contribution in [-0.4, -0.2) is 5.16 Å². The Morgan fingerprint density at radius 1 is 0.952 bits per heavy atom. The van der Waals surface area contributed by atoms with Gasteiger partial charge >= 0.3 is 0 Å². The van der Waals surface area contributed by atoms with Crippen molar-refractivity contribution < 1.29 is 4.52 Å². The molecule has 106 valence electrons. The molecular weight excluding hydrogens is 260 g/mol. The zero-order valence-corrected chi connectivity index (χ0v) is 12.5. The monoisotopic (exact) mass is 278 g/mol. The van der Waals surface area contributed by atoms with Gasteiger partial charge in [-0.05, 0) is 38.0 Å². The van der Waals surface area contributed by atoms with Gasteiger partial charge < -0.3 is 10.3 Å². The van der Waals surface area contributed by atoms with E-state index < -0.39 is 0 Å². The first-order valence-electron chi connectivity index (χ1n) is 6.96. The molecular formula is C18H18N2O. The second kappa shape index (κ2) is 5.09. The van der Waals surface area contributed by atoms with Crippen LogP contribution in [0, 0.1) is 20.8 Å². The summed E-state index contributed by atoms with van der Waals surface area (Å²) < 4.78 is 5.54. The van der Waals surface area contributed by atoms with Crippen molar-refractivity contribution in [2.45, 2.75) is 20.8 Å². The van der Waals surface area contributed by atoms with Crippen LogP contribution >= 0.6 is 0 Å². The topological polar surface area (TPSA) is 52.0 Å². The van der Waals surface area contributed by atoms with E-state index in [1.54, 1.807) is 0 Å². The number of anilines is 1. The summed E-state index contributed by atoms with van der Waals surface area (Å²) in [5, 5.41) is 3.97. The number of benzene rings is 2. The Hall–Kier alpha value is -2.55. The molecule has 21 heavy (non-hydrogen) atoms. The predicted molar refractivity (Wildman–Crippen MR) is 86.0 cm³/mol. The molecule has 1 aromatic heterocycles. The first-order valence-corrected chi connectivity index (χ1v) is 6.96. The molecule has 0 unspecified atom stereocenters. The molecule has 0 saturated carbocycles. The van der Waals surface area contributed by atoms with E-state index in [0.29, 0.717) is 5.82 Å². The molecule has 0 bridgehead atoms. The summed E-state index contributed by atoms with van der Waals surface area (Å²) in [6, 6.07) is 14.5. The van der Waals surface area contributed by atoms with Gasteiger partial charge in [-0.3, -0.25) is 0 Å². The van der Waals surface area contributed by atoms with Gasteiger partial charge in [0.1, 0.15) is 0 Å². The minimum atomic E-state index is 0.427. The standard InChI is InChI=1S/C18H18N2O/c1-11-5-4-6-14(9-11)16-17(21-20-18(16)19)15-10-12(2)7-8-13(15)3/h4-10H,1-3H3,(H2,19,20). The second-order valence-electron chi connectivity index (χ2n) is 5.46. The number of rotatable bonds is 2. The van der Waals surface area contributed by atoms with Crippen LogP contribution in [0.4, 0.5) is 5.82 Å². The van der Waals surface area contributed by atoms with Gasteiger partial charge in [-0.1, -0.05) is 52.7 Å². The minimum absolute atomic E-state index is 0.427. The van der Waals surface area contributed by atoms with E-state index in [-0.39, 0.29) is 0 Å². The lowest BCUT2D eigenvalue weighted by Gasteiger charge is -2.07. The number of nitrogens with zero attached hydrogens (tertiary/aromatic N) is 1. The highest BCUT2D eigenvalue weighted by atomic mass is 16.5. The number of aromatic nitrogens is 1. The van der Waals surface area contributed by atoms with Gasteiger partial charge in [0.15, 0.2) is 11.6 Å². The van der Waals surface area contributed by atoms with Crippen LogP contribution in [0.5, 0.6) is 0 Å². The number of nitrogens with two attached hydrogens (primary N) is 1. The van der Waals surface area contributed by atoms with Crippen molar-refractivity contribution in [3.63, 3.8) is 0 Å². The van der Waals surface area contributed by atoms with Gasteiger partial charge in [0.05, 0.1) is 5.56 Å². The summed E-state index contributed by atoms with van der Waals surface area (Å²) in [7, 11) is 0. The van der Waals surface area contributed by atoms with Crippen molar-refractivity contribution in [1.82, 2.24) is 5.16 Å². The van der Waals surface area contributed by atoms with Crippen molar-refractivity contribution >= 4 is 5.82 Å². The Labute approximate surface area is 124 Å². The van der Waals surface area contributed by atoms with E-state index in [9.17, 15) is 0 Å². The summed E-state index contributed by atoms with van der Waals surface area (Å²) in [5.41, 5.74) is 12.5. The Bertz CT molecular complexity index is 803. The summed E-state index contributed by atoms with van der Waals surface area (Å²) in [6.07, 6.45) is 0. The van der Waals surface area contributed by atoms with Crippen molar-refractivity contribution in [1.29, 1.82) is 0 Å². The summed E-state index contributed by atoms with van der Waals surface area (Å²) in [5.74, 6) is 1.16. The normalized spacial score (nSPS) is 10.8. The fourth-order valence-electron chi connectivity index (χ4n) is 2.55. The van der Waals surface area contributed by atoms with E-state index in [1.807, 2.05) is 12.1 Å². The van der Waals surface area contributed by atoms with E-state index in [4.69, 9.17) is 10.3 Å². The maximum Gasteiger partial charge on any atom is 0.177 e. The minimum Gasteiger partial charge on any atom is -0.380 e. The number of aryl methyl sites for hydroxylation is 3. The van der Waals surface area contributed by atoms with Crippen LogP contribution in [0.2, 0.25) is 0 Å². The molecule has 0 aliphatic heterocycles. The number of hydrogen-bond acceptors (Lipinski definition) is 3. The summed E-state index contributed by atoms with van der Waals surface area (Å²) in [4.78, 5) is 0. The van der Waals surface area contributed by atoms with Crippen LogP contribution in [0.25, 0.3) is 22.5 Å². The molecule has 0 radical (unpaired) electrons. The quantitative estimate of drug-likeness (QED) is 0.750. The van der Waals surface area contributed by atoms with E-state index in [0.717, 1.165) is 28.0 Å². The molecule has 0 spiro atoms. The van der Waals surface area contributed by atoms with E-state index in [2.05, 4.69) is 56.3 Å². The van der Waals surface area contributed by atoms with Crippen LogP contribution < -0.4 is 5.73 Å². The maximum atomic E-state index is 6.04. The van der Waals surface area contributed by atoms with Crippen LogP contribution in [0.1, 0.15) is 16.7 Å². The molecule has 3 nitrogen and oxygen atoms in total. The maximum absolute atomic E-state index is 6.04. The molecule has 0 amide bonds. The third-order valence-electron chi connectivity index (χ3n) is 3.66. The largest absolute Gasteiger partial charge is 0.380 e. The van der Waals surface area contributed by atoms with Gasteiger partial charge in [-0.2, -0.15) is 0 Å². The Balaban J connectivity index is 2.24. The van der Waals surface area contributed by atoms with Crippen molar-refractivity contribution in [2.75, 3.05) is 5.73 Å². The zero-order chi connectivity index (χ0) is 15.0. The molecule has 3 heteroatoms. The molecule has 2 aromatic carbocycles. The lowest BCUT2D eigenvalue weighted by Crippen LogP contribution is -1.90. The molecule has 0 atom stereocenters. The lowest BCUT2D eigenvalue weighted by atomic mass is 9.96. The van der Waals surface area contributed by atoms with E-state index in [1.165, 1.54) is 11.1 Å². The zero-order valence-electron chi connectivity index (χ0n) is 12.5. The fraction of sp³-hybridized carbons (Fsp3) is 0.167. The fourth-order valence-corrected chi connectivity index (χ4v) is 2.55. The third kappa shape index (κ3) is 2.42. The average Bonchev–Trinajstić information content (AvgIpc) is 2.83. The third-order valence-corrected chi connectivity index (χ3v) is 3.66. The second-order valence-corrected chi connectivity index (χ2v) is 5.46. The van der Waals surface area contributed by atoms with E-state index >= 15 is 0 Å². The predicted octanol–water partition coefficient (Wildman–Crippen LogP) is 4.52. The number of hydrogen-bond donors (Lipinski definition) is 1. The lowest BCUT2D eigenvalue weighted by molar-refractivity contribution is 0.436. The highest BCUT2D eigenvalue weighted by molar-refractivity contribution is 5.87. The van der Waals surface area contributed by atoms with Gasteiger partial charge in [0.25, 0.3) is 0 Å². The number of nitrogen functional groups attached to an aromatic ring is 1. The summed E-state index contributed by atoms with van der Waals surface area (Å²) in [6.45, 7) is 6.19. The Morgan fingerprint density at radius 3 is 2.48 bits per heavy atom. The molecule has 0 saturated heterocycles. The van der Waals surface area contributed by atoms with Gasteiger partial charge in [0, 0.05) is 5.56 Å². The molecule has 2 N–H and O–H groups in total. The SMILES string of the molecule is Cc1cccc(-c2c(N)noc2-c2cc(C)ccc2C)c1. The van der Waals surface area contributed by atoms with Crippen LogP contribution in [0.3, 0.4) is 0 Å². The highest BCUT2D eigenvalue weighted by Gasteiger charge is 2.19. The molecule has 3 aromatic rings. The van der Waals surface area contributed by atoms with Crippen LogP contribution in [0.15, 0.2) is 47.0 Å². The van der Waals surface area contributed by atoms with Gasteiger partial charge in [-0.25, -0.2) is 0 Å². The highest BCUT2D eigenvalue weighted by Crippen LogP contribution is 2.38. The Morgan fingerprint density at radius 2 is 1.71 bits per heavy atom.